The first-order valence-corrected chi connectivity index (χ1v) is 8.36. The smallest absolute Gasteiger partial charge is 0.270 e. The van der Waals surface area contributed by atoms with E-state index in [1.165, 1.54) is 30.3 Å². The summed E-state index contributed by atoms with van der Waals surface area (Å²) in [5.74, 6) is 0.560. The van der Waals surface area contributed by atoms with Gasteiger partial charge in [-0.3, -0.25) is 10.1 Å². The van der Waals surface area contributed by atoms with Gasteiger partial charge in [0.15, 0.2) is 0 Å². The van der Waals surface area contributed by atoms with E-state index < -0.39 is 10.7 Å². The molecule has 3 aromatic rings. The van der Waals surface area contributed by atoms with Crippen molar-refractivity contribution in [3.8, 4) is 22.6 Å². The zero-order chi connectivity index (χ0) is 19.4. The Morgan fingerprint density at radius 2 is 1.85 bits per heavy atom. The molecule has 0 bridgehead atoms. The van der Waals surface area contributed by atoms with Crippen LogP contribution in [0.4, 0.5) is 10.1 Å². The summed E-state index contributed by atoms with van der Waals surface area (Å²) in [7, 11) is 1.55. The number of nitrogens with zero attached hydrogens (tertiary/aromatic N) is 1. The molecule has 0 aliphatic rings. The van der Waals surface area contributed by atoms with Gasteiger partial charge in [0.1, 0.15) is 23.9 Å². The van der Waals surface area contributed by atoms with E-state index in [-0.39, 0.29) is 22.9 Å². The third-order valence-electron chi connectivity index (χ3n) is 4.01. The summed E-state index contributed by atoms with van der Waals surface area (Å²) >= 11 is 6.03. The Morgan fingerprint density at radius 3 is 2.48 bits per heavy atom. The van der Waals surface area contributed by atoms with Gasteiger partial charge < -0.3 is 9.47 Å². The van der Waals surface area contributed by atoms with Gasteiger partial charge in [-0.2, -0.15) is 0 Å². The fourth-order valence-corrected chi connectivity index (χ4v) is 2.79. The predicted molar refractivity (Wildman–Crippen MR) is 101 cm³/mol. The molecule has 0 aliphatic heterocycles. The first-order valence-electron chi connectivity index (χ1n) is 7.98. The van der Waals surface area contributed by atoms with E-state index in [1.807, 2.05) is 0 Å². The van der Waals surface area contributed by atoms with E-state index in [0.29, 0.717) is 22.6 Å². The van der Waals surface area contributed by atoms with Gasteiger partial charge in [-0.05, 0) is 35.9 Å². The average Bonchev–Trinajstić information content (AvgIpc) is 2.67. The van der Waals surface area contributed by atoms with Crippen LogP contribution in [0, 0.1) is 15.9 Å². The van der Waals surface area contributed by atoms with Gasteiger partial charge in [-0.15, -0.1) is 0 Å². The molecule has 0 saturated carbocycles. The number of ether oxygens (including phenoxy) is 2. The van der Waals surface area contributed by atoms with Crippen LogP contribution in [-0.2, 0) is 6.61 Å². The van der Waals surface area contributed by atoms with Gasteiger partial charge in [0.05, 0.1) is 17.1 Å². The normalized spacial score (nSPS) is 10.5. The van der Waals surface area contributed by atoms with Gasteiger partial charge in [0.25, 0.3) is 5.69 Å². The Bertz CT molecular complexity index is 956. The van der Waals surface area contributed by atoms with Crippen LogP contribution in [0.25, 0.3) is 11.1 Å². The second-order valence-corrected chi connectivity index (χ2v) is 6.06. The van der Waals surface area contributed by atoms with Crippen molar-refractivity contribution in [3.63, 3.8) is 0 Å². The van der Waals surface area contributed by atoms with Crippen molar-refractivity contribution >= 4 is 17.3 Å². The van der Waals surface area contributed by atoms with Crippen molar-refractivity contribution in [2.45, 2.75) is 6.61 Å². The second-order valence-electron chi connectivity index (χ2n) is 5.65. The monoisotopic (exact) mass is 387 g/mol. The summed E-state index contributed by atoms with van der Waals surface area (Å²) in [6.07, 6.45) is 0. The summed E-state index contributed by atoms with van der Waals surface area (Å²) in [6, 6.07) is 15.6. The number of hydrogen-bond donors (Lipinski definition) is 0. The number of methoxy groups -OCH3 is 1. The average molecular weight is 388 g/mol. The molecule has 0 aliphatic carbocycles. The minimum absolute atomic E-state index is 0.0721. The highest BCUT2D eigenvalue weighted by Crippen LogP contribution is 2.35. The van der Waals surface area contributed by atoms with E-state index in [9.17, 15) is 14.5 Å². The summed E-state index contributed by atoms with van der Waals surface area (Å²) in [4.78, 5) is 10.7. The Hall–Kier alpha value is -3.12. The van der Waals surface area contributed by atoms with Crippen LogP contribution in [0.2, 0.25) is 5.02 Å². The maximum absolute atomic E-state index is 14.0. The molecule has 0 heterocycles. The van der Waals surface area contributed by atoms with E-state index in [4.69, 9.17) is 21.1 Å². The molecule has 0 N–H and O–H groups in total. The standard InChI is InChI=1S/C20H15ClFNO4/c1-26-15-8-5-13(6-9-15)16-11-14(23(24)25)7-10-20(16)27-12-17-18(21)3-2-4-19(17)22/h2-11H,12H2,1H3. The van der Waals surface area contributed by atoms with Crippen molar-refractivity contribution in [2.75, 3.05) is 7.11 Å². The fraction of sp³-hybridized carbons (Fsp3) is 0.100. The largest absolute Gasteiger partial charge is 0.497 e. The van der Waals surface area contributed by atoms with Crippen molar-refractivity contribution in [3.05, 3.63) is 87.2 Å². The van der Waals surface area contributed by atoms with Gasteiger partial charge in [0, 0.05) is 23.3 Å². The molecule has 0 atom stereocenters. The number of nitro groups is 1. The Balaban J connectivity index is 1.97. The molecule has 27 heavy (non-hydrogen) atoms. The molecule has 0 amide bonds. The first-order chi connectivity index (χ1) is 13.0. The molecular formula is C20H15ClFNO4. The molecule has 5 nitrogen and oxygen atoms in total. The number of hydrogen-bond acceptors (Lipinski definition) is 4. The van der Waals surface area contributed by atoms with Crippen molar-refractivity contribution in [1.82, 2.24) is 0 Å². The second kappa shape index (κ2) is 8.05. The van der Waals surface area contributed by atoms with Crippen LogP contribution in [0.15, 0.2) is 60.7 Å². The van der Waals surface area contributed by atoms with Crippen LogP contribution in [-0.4, -0.2) is 12.0 Å². The predicted octanol–water partition coefficient (Wildman–Crippen LogP) is 5.64. The Morgan fingerprint density at radius 1 is 1.11 bits per heavy atom. The van der Waals surface area contributed by atoms with E-state index >= 15 is 0 Å². The van der Waals surface area contributed by atoms with Crippen molar-refractivity contribution in [1.29, 1.82) is 0 Å². The topological polar surface area (TPSA) is 61.6 Å². The van der Waals surface area contributed by atoms with Crippen LogP contribution in [0.3, 0.4) is 0 Å². The molecule has 0 aromatic heterocycles. The molecule has 0 saturated heterocycles. The lowest BCUT2D eigenvalue weighted by molar-refractivity contribution is -0.384. The maximum atomic E-state index is 14.0. The highest BCUT2D eigenvalue weighted by molar-refractivity contribution is 6.31. The summed E-state index contributed by atoms with van der Waals surface area (Å²) in [5.41, 5.74) is 1.36. The molecule has 138 valence electrons. The van der Waals surface area contributed by atoms with Crippen LogP contribution < -0.4 is 9.47 Å². The van der Waals surface area contributed by atoms with Crippen LogP contribution in [0.1, 0.15) is 5.56 Å². The molecule has 7 heteroatoms. The SMILES string of the molecule is COc1ccc(-c2cc([N+](=O)[O-])ccc2OCc2c(F)cccc2Cl)cc1. The van der Waals surface area contributed by atoms with E-state index in [2.05, 4.69) is 0 Å². The van der Waals surface area contributed by atoms with E-state index in [0.717, 1.165) is 0 Å². The van der Waals surface area contributed by atoms with Gasteiger partial charge in [0.2, 0.25) is 0 Å². The quantitative estimate of drug-likeness (QED) is 0.405. The van der Waals surface area contributed by atoms with Crippen molar-refractivity contribution < 1.29 is 18.8 Å². The van der Waals surface area contributed by atoms with Crippen molar-refractivity contribution in [2.24, 2.45) is 0 Å². The number of non-ortho nitro benzene ring substituents is 1. The minimum Gasteiger partial charge on any atom is -0.497 e. The number of rotatable bonds is 6. The van der Waals surface area contributed by atoms with Crippen LogP contribution in [0.5, 0.6) is 11.5 Å². The van der Waals surface area contributed by atoms with Crippen LogP contribution >= 0.6 is 11.6 Å². The summed E-state index contributed by atoms with van der Waals surface area (Å²) in [5, 5.41) is 11.4. The lowest BCUT2D eigenvalue weighted by Gasteiger charge is -2.13. The van der Waals surface area contributed by atoms with Gasteiger partial charge >= 0.3 is 0 Å². The summed E-state index contributed by atoms with van der Waals surface area (Å²) < 4.78 is 24.8. The highest BCUT2D eigenvalue weighted by atomic mass is 35.5. The molecule has 0 radical (unpaired) electrons. The molecule has 0 fully saturated rings. The molecule has 3 rings (SSSR count). The highest BCUT2D eigenvalue weighted by Gasteiger charge is 2.15. The Labute approximate surface area is 160 Å². The number of nitro benzene ring substituents is 1. The fourth-order valence-electron chi connectivity index (χ4n) is 2.57. The molecule has 3 aromatic carbocycles. The Kier molecular flexibility index (Phi) is 5.57. The molecular weight excluding hydrogens is 373 g/mol. The number of halogens is 2. The zero-order valence-electron chi connectivity index (χ0n) is 14.3. The maximum Gasteiger partial charge on any atom is 0.270 e. The van der Waals surface area contributed by atoms with E-state index in [1.54, 1.807) is 37.4 Å². The third-order valence-corrected chi connectivity index (χ3v) is 4.36. The van der Waals surface area contributed by atoms with Gasteiger partial charge in [-0.25, -0.2) is 4.39 Å². The zero-order valence-corrected chi connectivity index (χ0v) is 15.1. The third kappa shape index (κ3) is 4.17. The minimum atomic E-state index is -0.482. The molecule has 0 spiro atoms. The lowest BCUT2D eigenvalue weighted by Crippen LogP contribution is -2.01. The number of benzene rings is 3. The lowest BCUT2D eigenvalue weighted by atomic mass is 10.0. The van der Waals surface area contributed by atoms with Gasteiger partial charge in [-0.1, -0.05) is 29.8 Å². The molecule has 0 unspecified atom stereocenters. The summed E-state index contributed by atoms with van der Waals surface area (Å²) in [6.45, 7) is -0.105. The first kappa shape index (κ1) is 18.7.